The second-order valence-electron chi connectivity index (χ2n) is 8.76. The fourth-order valence-electron chi connectivity index (χ4n) is 4.58. The molecule has 2 unspecified atom stereocenters. The van der Waals surface area contributed by atoms with Crippen LogP contribution in [0.4, 0.5) is 11.4 Å². The molecule has 0 radical (unpaired) electrons. The van der Waals surface area contributed by atoms with Crippen LogP contribution in [0.1, 0.15) is 77.8 Å². The van der Waals surface area contributed by atoms with E-state index in [1.54, 1.807) is 0 Å². The van der Waals surface area contributed by atoms with Gasteiger partial charge in [0.1, 0.15) is 0 Å². The minimum absolute atomic E-state index is 0.00184. The lowest BCUT2D eigenvalue weighted by Crippen LogP contribution is -2.68. The number of aliphatic hydroxyl groups is 2. The van der Waals surface area contributed by atoms with Crippen LogP contribution in [-0.4, -0.2) is 54.4 Å². The molecule has 0 saturated heterocycles. The second kappa shape index (κ2) is 9.83. The van der Waals surface area contributed by atoms with Gasteiger partial charge in [-0.15, -0.1) is 0 Å². The van der Waals surface area contributed by atoms with Gasteiger partial charge in [-0.05, 0) is 70.2 Å². The van der Waals surface area contributed by atoms with Crippen LogP contribution in [0.5, 0.6) is 0 Å². The van der Waals surface area contributed by atoms with E-state index in [4.69, 9.17) is 19.9 Å². The van der Waals surface area contributed by atoms with Crippen LogP contribution in [0.3, 0.4) is 0 Å². The summed E-state index contributed by atoms with van der Waals surface area (Å²) in [4.78, 5) is 1.85. The Balaban J connectivity index is 2.78. The average molecular weight is 425 g/mol. The fourth-order valence-corrected chi connectivity index (χ4v) is 4.58. The predicted octanol–water partition coefficient (Wildman–Crippen LogP) is 3.54. The van der Waals surface area contributed by atoms with Gasteiger partial charge in [-0.25, -0.2) is 0 Å². The maximum atomic E-state index is 12.0. The highest BCUT2D eigenvalue weighted by atomic mass is 16.8. The molecule has 0 fully saturated rings. The van der Waals surface area contributed by atoms with Gasteiger partial charge >= 0.3 is 5.91 Å². The summed E-state index contributed by atoms with van der Waals surface area (Å²) in [5.41, 5.74) is 9.14. The summed E-state index contributed by atoms with van der Waals surface area (Å²) in [6, 6.07) is 3.94. The first-order valence-corrected chi connectivity index (χ1v) is 11.0. The maximum absolute atomic E-state index is 12.0. The molecular weight excluding hydrogens is 384 g/mol. The van der Waals surface area contributed by atoms with Crippen molar-refractivity contribution in [1.29, 1.82) is 0 Å². The van der Waals surface area contributed by atoms with Crippen LogP contribution in [0.2, 0.25) is 0 Å². The smallest absolute Gasteiger partial charge is 0.303 e. The first-order valence-electron chi connectivity index (χ1n) is 11.0. The summed E-state index contributed by atoms with van der Waals surface area (Å²) in [5.74, 6) is -1.76. The Morgan fingerprint density at radius 1 is 1.17 bits per heavy atom. The molecule has 1 aliphatic rings. The lowest BCUT2D eigenvalue weighted by molar-refractivity contribution is -0.338. The number of aliphatic hydroxyl groups excluding tert-OH is 1. The Morgan fingerprint density at radius 2 is 1.77 bits per heavy atom. The molecule has 2 atom stereocenters. The van der Waals surface area contributed by atoms with Crippen LogP contribution in [0.25, 0.3) is 0 Å². The number of nitrogens with two attached hydrogens (primary N) is 1. The van der Waals surface area contributed by atoms with E-state index in [1.807, 2.05) is 51.7 Å². The van der Waals surface area contributed by atoms with E-state index in [0.717, 1.165) is 16.8 Å². The molecule has 0 aliphatic carbocycles. The van der Waals surface area contributed by atoms with Crippen LogP contribution in [-0.2, 0) is 14.2 Å². The van der Waals surface area contributed by atoms with E-state index in [0.29, 0.717) is 25.3 Å². The van der Waals surface area contributed by atoms with Crippen molar-refractivity contribution in [2.45, 2.75) is 84.5 Å². The van der Waals surface area contributed by atoms with Crippen molar-refractivity contribution in [2.75, 3.05) is 37.1 Å². The number of rotatable bonds is 10. The fraction of sp³-hybridized carbons (Fsp3) is 0.739. The van der Waals surface area contributed by atoms with Gasteiger partial charge in [-0.3, -0.25) is 0 Å². The van der Waals surface area contributed by atoms with Gasteiger partial charge in [0.2, 0.25) is 6.29 Å². The minimum atomic E-state index is -1.86. The van der Waals surface area contributed by atoms with E-state index in [9.17, 15) is 10.2 Å². The number of fused-ring (bicyclic) bond motifs is 1. The summed E-state index contributed by atoms with van der Waals surface area (Å²) < 4.78 is 17.6. The zero-order chi connectivity index (χ0) is 22.7. The van der Waals surface area contributed by atoms with Crippen LogP contribution < -0.4 is 10.6 Å². The van der Waals surface area contributed by atoms with Crippen molar-refractivity contribution < 1.29 is 24.4 Å². The number of ether oxygens (including phenoxy) is 3. The van der Waals surface area contributed by atoms with E-state index >= 15 is 0 Å². The Hall–Kier alpha value is -1.38. The molecule has 1 aromatic rings. The van der Waals surface area contributed by atoms with Crippen molar-refractivity contribution in [1.82, 2.24) is 0 Å². The van der Waals surface area contributed by atoms with Gasteiger partial charge in [0.15, 0.2) is 0 Å². The molecule has 0 amide bonds. The molecule has 1 aliphatic heterocycles. The molecule has 0 saturated carbocycles. The molecule has 2 rings (SSSR count). The SMILES string of the molecule is CCOC(OCC)C(O)(OCC)N1c2cc(C(C)C)c(N)cc2C(CO)CC1(C)C. The molecule has 1 aromatic carbocycles. The first-order chi connectivity index (χ1) is 14.1. The molecule has 0 aromatic heterocycles. The Morgan fingerprint density at radius 3 is 2.23 bits per heavy atom. The summed E-state index contributed by atoms with van der Waals surface area (Å²) in [5, 5.41) is 22.1. The van der Waals surface area contributed by atoms with Gasteiger partial charge in [0.05, 0.1) is 6.61 Å². The second-order valence-corrected chi connectivity index (χ2v) is 8.76. The molecule has 1 heterocycles. The zero-order valence-corrected chi connectivity index (χ0v) is 19.6. The molecule has 7 nitrogen and oxygen atoms in total. The third kappa shape index (κ3) is 4.60. The highest BCUT2D eigenvalue weighted by molar-refractivity contribution is 5.69. The van der Waals surface area contributed by atoms with Gasteiger partial charge in [0, 0.05) is 42.7 Å². The van der Waals surface area contributed by atoms with Crippen molar-refractivity contribution in [3.05, 3.63) is 23.3 Å². The number of hydrogen-bond acceptors (Lipinski definition) is 7. The van der Waals surface area contributed by atoms with Crippen LogP contribution in [0, 0.1) is 0 Å². The van der Waals surface area contributed by atoms with Gasteiger partial charge in [-0.1, -0.05) is 13.8 Å². The summed E-state index contributed by atoms with van der Waals surface area (Å²) in [7, 11) is 0. The standard InChI is InChI=1S/C23H40N2O5/c1-8-28-21(29-9-2)23(27,30-10-3)25-20-12-17(15(4)5)19(24)11-18(20)16(14-26)13-22(25,6)7/h11-12,15-16,21,26-27H,8-10,13-14,24H2,1-7H3. The highest BCUT2D eigenvalue weighted by Crippen LogP contribution is 2.49. The summed E-state index contributed by atoms with van der Waals surface area (Å²) >= 11 is 0. The van der Waals surface area contributed by atoms with Crippen molar-refractivity contribution in [2.24, 2.45) is 0 Å². The quantitative estimate of drug-likeness (QED) is 0.390. The highest BCUT2D eigenvalue weighted by Gasteiger charge is 2.54. The van der Waals surface area contributed by atoms with Crippen molar-refractivity contribution >= 4 is 11.4 Å². The monoisotopic (exact) mass is 424 g/mol. The Labute approximate surface area is 181 Å². The molecule has 0 bridgehead atoms. The molecule has 4 N–H and O–H groups in total. The predicted molar refractivity (Wildman–Crippen MR) is 120 cm³/mol. The van der Waals surface area contributed by atoms with Gasteiger partial charge in [0.25, 0.3) is 0 Å². The molecule has 7 heteroatoms. The molecule has 30 heavy (non-hydrogen) atoms. The summed E-state index contributed by atoms with van der Waals surface area (Å²) in [6.45, 7) is 14.8. The number of benzene rings is 1. The lowest BCUT2D eigenvalue weighted by atomic mass is 9.77. The third-order valence-electron chi connectivity index (χ3n) is 5.73. The van der Waals surface area contributed by atoms with Crippen LogP contribution >= 0.6 is 0 Å². The number of anilines is 2. The normalized spacial score (nSPS) is 20.5. The van der Waals surface area contributed by atoms with Crippen molar-refractivity contribution in [3.63, 3.8) is 0 Å². The van der Waals surface area contributed by atoms with Gasteiger partial charge < -0.3 is 35.1 Å². The van der Waals surface area contributed by atoms with Crippen molar-refractivity contribution in [3.8, 4) is 0 Å². The Bertz CT molecular complexity index is 703. The van der Waals surface area contributed by atoms with E-state index in [2.05, 4.69) is 13.8 Å². The van der Waals surface area contributed by atoms with Gasteiger partial charge in [-0.2, -0.15) is 0 Å². The topological polar surface area (TPSA) is 97.4 Å². The number of nitrogens with zero attached hydrogens (tertiary/aromatic N) is 1. The lowest BCUT2D eigenvalue weighted by Gasteiger charge is -2.55. The van der Waals surface area contributed by atoms with E-state index in [1.165, 1.54) is 0 Å². The van der Waals surface area contributed by atoms with E-state index in [-0.39, 0.29) is 25.0 Å². The molecular formula is C23H40N2O5. The average Bonchev–Trinajstić information content (AvgIpc) is 2.66. The first kappa shape index (κ1) is 24.9. The molecule has 172 valence electrons. The number of nitrogen functional groups attached to an aromatic ring is 1. The van der Waals surface area contributed by atoms with Crippen LogP contribution in [0.15, 0.2) is 12.1 Å². The third-order valence-corrected chi connectivity index (χ3v) is 5.73. The summed E-state index contributed by atoms with van der Waals surface area (Å²) in [6.07, 6.45) is -0.401. The van der Waals surface area contributed by atoms with E-state index < -0.39 is 17.7 Å². The maximum Gasteiger partial charge on any atom is 0.303 e. The minimum Gasteiger partial charge on any atom is -0.398 e. The molecule has 0 spiro atoms. The Kier molecular flexibility index (Phi) is 8.15. The number of hydrogen-bond donors (Lipinski definition) is 3. The zero-order valence-electron chi connectivity index (χ0n) is 19.6. The largest absolute Gasteiger partial charge is 0.398 e.